The fourth-order valence-corrected chi connectivity index (χ4v) is 2.19. The number of nitrogens with zero attached hydrogens (tertiary/aromatic N) is 2. The molecule has 0 spiro atoms. The normalized spacial score (nSPS) is 12.1. The summed E-state index contributed by atoms with van der Waals surface area (Å²) in [6, 6.07) is 9.76. The number of carbonyl (C=O) groups is 1. The highest BCUT2D eigenvalue weighted by Crippen LogP contribution is 2.09. The lowest BCUT2D eigenvalue weighted by Crippen LogP contribution is -2.33. The van der Waals surface area contributed by atoms with Crippen molar-refractivity contribution in [2.75, 3.05) is 13.1 Å². The molecule has 0 saturated carbocycles. The monoisotopic (exact) mass is 286 g/mol. The van der Waals surface area contributed by atoms with Gasteiger partial charge in [-0.2, -0.15) is 5.10 Å². The molecule has 2 aromatic rings. The molecule has 0 aliphatic rings. The van der Waals surface area contributed by atoms with E-state index < -0.39 is 0 Å². The molecule has 0 radical (unpaired) electrons. The molecule has 0 saturated heterocycles. The summed E-state index contributed by atoms with van der Waals surface area (Å²) in [6.45, 7) is 5.39. The Morgan fingerprint density at radius 3 is 2.57 bits per heavy atom. The maximum absolute atomic E-state index is 11.9. The molecule has 1 atom stereocenters. The number of aryl methyl sites for hydroxylation is 2. The van der Waals surface area contributed by atoms with Gasteiger partial charge in [0.2, 0.25) is 0 Å². The number of hydrogen-bond donors (Lipinski definition) is 2. The van der Waals surface area contributed by atoms with Gasteiger partial charge in [-0.3, -0.25) is 9.48 Å². The third-order valence-corrected chi connectivity index (χ3v) is 3.48. The maximum atomic E-state index is 11.9. The van der Waals surface area contributed by atoms with Gasteiger partial charge in [-0.05, 0) is 32.0 Å². The molecule has 2 rings (SSSR count). The summed E-state index contributed by atoms with van der Waals surface area (Å²) in [5.41, 5.74) is 2.97. The SMILES string of the molecule is Cc1ccc(C(=O)NCCNC(C)c2ccnn2C)cc1. The average Bonchev–Trinajstić information content (AvgIpc) is 2.90. The molecule has 5 nitrogen and oxygen atoms in total. The van der Waals surface area contributed by atoms with Gasteiger partial charge < -0.3 is 10.6 Å². The Morgan fingerprint density at radius 1 is 1.24 bits per heavy atom. The minimum absolute atomic E-state index is 0.0370. The number of amides is 1. The molecule has 1 unspecified atom stereocenters. The number of nitrogens with one attached hydrogen (secondary N) is 2. The highest BCUT2D eigenvalue weighted by atomic mass is 16.1. The van der Waals surface area contributed by atoms with Crippen LogP contribution in [0.25, 0.3) is 0 Å². The van der Waals surface area contributed by atoms with Gasteiger partial charge in [0.25, 0.3) is 5.91 Å². The van der Waals surface area contributed by atoms with Crippen molar-refractivity contribution in [2.24, 2.45) is 7.05 Å². The summed E-state index contributed by atoms with van der Waals surface area (Å²) in [7, 11) is 1.92. The van der Waals surface area contributed by atoms with Crippen molar-refractivity contribution >= 4 is 5.91 Å². The Labute approximate surface area is 125 Å². The number of carbonyl (C=O) groups excluding carboxylic acids is 1. The lowest BCUT2D eigenvalue weighted by atomic mass is 10.1. The van der Waals surface area contributed by atoms with Gasteiger partial charge in [0.15, 0.2) is 0 Å². The number of aromatic nitrogens is 2. The van der Waals surface area contributed by atoms with Crippen LogP contribution in [-0.2, 0) is 7.05 Å². The predicted molar refractivity (Wildman–Crippen MR) is 83.1 cm³/mol. The van der Waals surface area contributed by atoms with E-state index in [2.05, 4.69) is 22.7 Å². The fraction of sp³-hybridized carbons (Fsp3) is 0.375. The lowest BCUT2D eigenvalue weighted by molar-refractivity contribution is 0.0953. The average molecular weight is 286 g/mol. The highest BCUT2D eigenvalue weighted by Gasteiger charge is 2.08. The van der Waals surface area contributed by atoms with Crippen LogP contribution in [-0.4, -0.2) is 28.8 Å². The molecule has 21 heavy (non-hydrogen) atoms. The Morgan fingerprint density at radius 2 is 1.95 bits per heavy atom. The van der Waals surface area contributed by atoms with E-state index in [0.29, 0.717) is 18.7 Å². The number of hydrogen-bond acceptors (Lipinski definition) is 3. The van der Waals surface area contributed by atoms with Crippen molar-refractivity contribution < 1.29 is 4.79 Å². The van der Waals surface area contributed by atoms with Crippen LogP contribution in [0.4, 0.5) is 0 Å². The van der Waals surface area contributed by atoms with E-state index in [0.717, 1.165) is 11.3 Å². The zero-order chi connectivity index (χ0) is 15.2. The molecule has 1 aromatic carbocycles. The van der Waals surface area contributed by atoms with Gasteiger partial charge in [0, 0.05) is 37.9 Å². The van der Waals surface area contributed by atoms with E-state index in [1.165, 1.54) is 0 Å². The number of benzene rings is 1. The Bertz CT molecular complexity index is 589. The molecule has 5 heteroatoms. The van der Waals surface area contributed by atoms with Gasteiger partial charge in [-0.15, -0.1) is 0 Å². The van der Waals surface area contributed by atoms with E-state index in [1.807, 2.05) is 49.0 Å². The van der Waals surface area contributed by atoms with Crippen molar-refractivity contribution in [3.63, 3.8) is 0 Å². The Kier molecular flexibility index (Phi) is 5.11. The molecule has 1 heterocycles. The molecular formula is C16H22N4O. The number of rotatable bonds is 6. The van der Waals surface area contributed by atoms with Gasteiger partial charge >= 0.3 is 0 Å². The van der Waals surface area contributed by atoms with Gasteiger partial charge in [-0.1, -0.05) is 17.7 Å². The quantitative estimate of drug-likeness (QED) is 0.796. The van der Waals surface area contributed by atoms with Crippen molar-refractivity contribution in [3.05, 3.63) is 53.3 Å². The van der Waals surface area contributed by atoms with Crippen molar-refractivity contribution in [3.8, 4) is 0 Å². The first kappa shape index (κ1) is 15.3. The first-order chi connectivity index (χ1) is 10.1. The summed E-state index contributed by atoms with van der Waals surface area (Å²) < 4.78 is 1.85. The summed E-state index contributed by atoms with van der Waals surface area (Å²) >= 11 is 0. The van der Waals surface area contributed by atoms with Crippen molar-refractivity contribution in [1.82, 2.24) is 20.4 Å². The van der Waals surface area contributed by atoms with E-state index >= 15 is 0 Å². The minimum atomic E-state index is -0.0370. The van der Waals surface area contributed by atoms with Crippen LogP contribution in [0.1, 0.15) is 34.6 Å². The largest absolute Gasteiger partial charge is 0.351 e. The predicted octanol–water partition coefficient (Wildman–Crippen LogP) is 1.81. The zero-order valence-corrected chi connectivity index (χ0v) is 12.8. The second-order valence-corrected chi connectivity index (χ2v) is 5.18. The molecular weight excluding hydrogens is 264 g/mol. The summed E-state index contributed by atoms with van der Waals surface area (Å²) in [5, 5.41) is 10.4. The van der Waals surface area contributed by atoms with E-state index in [4.69, 9.17) is 0 Å². The van der Waals surface area contributed by atoms with Crippen LogP contribution in [0.3, 0.4) is 0 Å². The lowest BCUT2D eigenvalue weighted by Gasteiger charge is -2.14. The van der Waals surface area contributed by atoms with Crippen LogP contribution in [0.5, 0.6) is 0 Å². The maximum Gasteiger partial charge on any atom is 0.251 e. The Balaban J connectivity index is 1.73. The van der Waals surface area contributed by atoms with E-state index in [-0.39, 0.29) is 11.9 Å². The molecule has 0 bridgehead atoms. The van der Waals surface area contributed by atoms with Crippen LogP contribution < -0.4 is 10.6 Å². The van der Waals surface area contributed by atoms with Gasteiger partial charge in [-0.25, -0.2) is 0 Å². The van der Waals surface area contributed by atoms with Crippen LogP contribution in [0, 0.1) is 6.92 Å². The summed E-state index contributed by atoms with van der Waals surface area (Å²) in [4.78, 5) is 11.9. The third-order valence-electron chi connectivity index (χ3n) is 3.48. The van der Waals surface area contributed by atoms with Crippen molar-refractivity contribution in [2.45, 2.75) is 19.9 Å². The molecule has 2 N–H and O–H groups in total. The minimum Gasteiger partial charge on any atom is -0.351 e. The zero-order valence-electron chi connectivity index (χ0n) is 12.8. The molecule has 0 fully saturated rings. The van der Waals surface area contributed by atoms with Gasteiger partial charge in [0.05, 0.1) is 5.69 Å². The molecule has 0 aliphatic heterocycles. The third kappa shape index (κ3) is 4.16. The second kappa shape index (κ2) is 7.04. The summed E-state index contributed by atoms with van der Waals surface area (Å²) in [5.74, 6) is -0.0370. The van der Waals surface area contributed by atoms with Gasteiger partial charge in [0.1, 0.15) is 0 Å². The molecule has 1 amide bonds. The van der Waals surface area contributed by atoms with Crippen molar-refractivity contribution in [1.29, 1.82) is 0 Å². The topological polar surface area (TPSA) is 59.0 Å². The standard InChI is InChI=1S/C16H22N4O/c1-12-4-6-14(7-5-12)16(21)18-11-10-17-13(2)15-8-9-19-20(15)3/h4-9,13,17H,10-11H2,1-3H3,(H,18,21). The molecule has 112 valence electrons. The van der Waals surface area contributed by atoms with Crippen LogP contribution >= 0.6 is 0 Å². The Hall–Kier alpha value is -2.14. The first-order valence-electron chi connectivity index (χ1n) is 7.14. The molecule has 0 aliphatic carbocycles. The molecule has 1 aromatic heterocycles. The van der Waals surface area contributed by atoms with E-state index in [1.54, 1.807) is 6.20 Å². The highest BCUT2D eigenvalue weighted by molar-refractivity contribution is 5.94. The first-order valence-corrected chi connectivity index (χ1v) is 7.14. The van der Waals surface area contributed by atoms with Crippen LogP contribution in [0.2, 0.25) is 0 Å². The van der Waals surface area contributed by atoms with E-state index in [9.17, 15) is 4.79 Å². The van der Waals surface area contributed by atoms with Crippen LogP contribution in [0.15, 0.2) is 36.5 Å². The fourth-order valence-electron chi connectivity index (χ4n) is 2.19. The summed E-state index contributed by atoms with van der Waals surface area (Å²) in [6.07, 6.45) is 1.78. The second-order valence-electron chi connectivity index (χ2n) is 5.18. The smallest absolute Gasteiger partial charge is 0.251 e.